The van der Waals surface area contributed by atoms with Crippen molar-refractivity contribution in [2.24, 2.45) is 0 Å². The van der Waals surface area contributed by atoms with E-state index in [0.717, 1.165) is 16.5 Å². The number of nitrogens with one attached hydrogen (secondary N) is 1. The Balaban J connectivity index is 1.42. The van der Waals surface area contributed by atoms with Crippen molar-refractivity contribution in [2.75, 3.05) is 11.1 Å². The van der Waals surface area contributed by atoms with Crippen LogP contribution in [0.1, 0.15) is 5.82 Å². The maximum Gasteiger partial charge on any atom is 0.234 e. The highest BCUT2D eigenvalue weighted by Gasteiger charge is 2.15. The Bertz CT molecular complexity index is 1250. The van der Waals surface area contributed by atoms with Crippen molar-refractivity contribution < 1.29 is 9.53 Å². The maximum atomic E-state index is 12.6. The van der Waals surface area contributed by atoms with E-state index < -0.39 is 0 Å². The second-order valence-corrected chi connectivity index (χ2v) is 8.23. The Morgan fingerprint density at radius 3 is 2.72 bits per heavy atom. The number of carbonyl (C=O) groups is 1. The number of fused-ring (bicyclic) bond motifs is 1. The number of thioether (sulfide) groups is 1. The molecule has 1 aromatic heterocycles. The van der Waals surface area contributed by atoms with Crippen molar-refractivity contribution >= 4 is 45.7 Å². The number of carbonyl (C=O) groups excluding carboxylic acids is 1. The molecule has 0 bridgehead atoms. The molecule has 32 heavy (non-hydrogen) atoms. The average molecular weight is 465 g/mol. The van der Waals surface area contributed by atoms with Crippen molar-refractivity contribution in [3.8, 4) is 5.75 Å². The Kier molecular flexibility index (Phi) is 7.09. The summed E-state index contributed by atoms with van der Waals surface area (Å²) < 4.78 is 7.67. The summed E-state index contributed by atoms with van der Waals surface area (Å²) >= 11 is 7.46. The van der Waals surface area contributed by atoms with Gasteiger partial charge in [-0.15, -0.1) is 16.8 Å². The molecule has 3 aromatic carbocycles. The number of nitrogens with zero attached hydrogens (tertiary/aromatic N) is 3. The summed E-state index contributed by atoms with van der Waals surface area (Å²) in [7, 11) is 0. The molecule has 8 heteroatoms. The fourth-order valence-electron chi connectivity index (χ4n) is 3.20. The van der Waals surface area contributed by atoms with Crippen molar-refractivity contribution in [3.05, 3.63) is 90.2 Å². The summed E-state index contributed by atoms with van der Waals surface area (Å²) in [6.45, 7) is 4.51. The van der Waals surface area contributed by atoms with Crippen molar-refractivity contribution in [1.82, 2.24) is 14.8 Å². The molecular formula is C24H21ClN4O2S. The number of amides is 1. The molecular weight excluding hydrogens is 444 g/mol. The minimum atomic E-state index is -0.117. The topological polar surface area (TPSA) is 69.0 Å². The van der Waals surface area contributed by atoms with E-state index in [1.54, 1.807) is 18.2 Å². The third kappa shape index (κ3) is 5.12. The number of rotatable bonds is 9. The molecule has 0 atom stereocenters. The fourth-order valence-corrected chi connectivity index (χ4v) is 4.16. The zero-order valence-electron chi connectivity index (χ0n) is 17.2. The van der Waals surface area contributed by atoms with Gasteiger partial charge in [0.05, 0.1) is 10.8 Å². The molecule has 0 aliphatic rings. The van der Waals surface area contributed by atoms with Crippen LogP contribution in [0.25, 0.3) is 10.8 Å². The van der Waals surface area contributed by atoms with Gasteiger partial charge in [-0.05, 0) is 23.6 Å². The summed E-state index contributed by atoms with van der Waals surface area (Å²) in [5.41, 5.74) is 0.787. The van der Waals surface area contributed by atoms with Crippen LogP contribution < -0.4 is 10.1 Å². The molecule has 0 radical (unpaired) electrons. The number of allylic oxidation sites excluding steroid dienone is 1. The summed E-state index contributed by atoms with van der Waals surface area (Å²) in [4.78, 5) is 12.6. The molecule has 0 aliphatic carbocycles. The second kappa shape index (κ2) is 10.3. The molecule has 4 aromatic rings. The first kappa shape index (κ1) is 21.9. The van der Waals surface area contributed by atoms with Gasteiger partial charge in [0.25, 0.3) is 0 Å². The van der Waals surface area contributed by atoms with Gasteiger partial charge in [-0.1, -0.05) is 78.0 Å². The number of halogens is 1. The van der Waals surface area contributed by atoms with Gasteiger partial charge in [-0.2, -0.15) is 0 Å². The van der Waals surface area contributed by atoms with Gasteiger partial charge in [0, 0.05) is 17.6 Å². The second-order valence-electron chi connectivity index (χ2n) is 6.88. The molecule has 6 nitrogen and oxygen atoms in total. The van der Waals surface area contributed by atoms with Gasteiger partial charge in [0.15, 0.2) is 11.0 Å². The summed E-state index contributed by atoms with van der Waals surface area (Å²) in [5, 5.41) is 14.7. The lowest BCUT2D eigenvalue weighted by Gasteiger charge is -2.10. The lowest BCUT2D eigenvalue weighted by molar-refractivity contribution is -0.113. The van der Waals surface area contributed by atoms with Crippen LogP contribution in [-0.2, 0) is 17.9 Å². The quantitative estimate of drug-likeness (QED) is 0.258. The van der Waals surface area contributed by atoms with Gasteiger partial charge in [-0.25, -0.2) is 0 Å². The van der Waals surface area contributed by atoms with E-state index in [1.165, 1.54) is 11.8 Å². The molecule has 0 spiro atoms. The van der Waals surface area contributed by atoms with Crippen LogP contribution in [0.2, 0.25) is 5.02 Å². The number of hydrogen-bond acceptors (Lipinski definition) is 5. The molecule has 0 fully saturated rings. The highest BCUT2D eigenvalue weighted by Crippen LogP contribution is 2.26. The first-order chi connectivity index (χ1) is 15.7. The zero-order valence-corrected chi connectivity index (χ0v) is 18.8. The van der Waals surface area contributed by atoms with E-state index in [2.05, 4.69) is 22.1 Å². The van der Waals surface area contributed by atoms with E-state index in [0.29, 0.717) is 28.3 Å². The Morgan fingerprint density at radius 1 is 1.09 bits per heavy atom. The van der Waals surface area contributed by atoms with Gasteiger partial charge >= 0.3 is 0 Å². The standard InChI is InChI=1S/C24H21ClN4O2S/c1-2-14-29-22(15-31-21-13-6-5-11-19(21)25)27-28-24(29)32-16-23(30)26-20-12-7-9-17-8-3-4-10-18(17)20/h2-13H,1,14-16H2,(H,26,30). The van der Waals surface area contributed by atoms with Crippen molar-refractivity contribution in [2.45, 2.75) is 18.3 Å². The van der Waals surface area contributed by atoms with E-state index in [1.807, 2.05) is 59.2 Å². The molecule has 0 saturated carbocycles. The van der Waals surface area contributed by atoms with Crippen LogP contribution >= 0.6 is 23.4 Å². The molecule has 0 unspecified atom stereocenters. The number of benzene rings is 3. The first-order valence-electron chi connectivity index (χ1n) is 9.96. The Labute approximate surface area is 195 Å². The highest BCUT2D eigenvalue weighted by atomic mass is 35.5. The Hall–Kier alpha value is -3.29. The third-order valence-electron chi connectivity index (χ3n) is 4.69. The smallest absolute Gasteiger partial charge is 0.234 e. The lowest BCUT2D eigenvalue weighted by Crippen LogP contribution is -2.15. The highest BCUT2D eigenvalue weighted by molar-refractivity contribution is 7.99. The van der Waals surface area contributed by atoms with Crippen molar-refractivity contribution in [1.29, 1.82) is 0 Å². The molecule has 1 N–H and O–H groups in total. The minimum absolute atomic E-state index is 0.117. The van der Waals surface area contributed by atoms with Crippen molar-refractivity contribution in [3.63, 3.8) is 0 Å². The number of para-hydroxylation sites is 1. The molecule has 1 amide bonds. The van der Waals surface area contributed by atoms with E-state index in [-0.39, 0.29) is 18.3 Å². The van der Waals surface area contributed by atoms with Crippen LogP contribution in [0, 0.1) is 0 Å². The normalized spacial score (nSPS) is 10.8. The lowest BCUT2D eigenvalue weighted by atomic mass is 10.1. The maximum absolute atomic E-state index is 12.6. The van der Waals surface area contributed by atoms with Crippen LogP contribution in [0.3, 0.4) is 0 Å². The van der Waals surface area contributed by atoms with Crippen LogP contribution in [0.5, 0.6) is 5.75 Å². The first-order valence-corrected chi connectivity index (χ1v) is 11.3. The molecule has 4 rings (SSSR count). The number of ether oxygens (including phenoxy) is 1. The van der Waals surface area contributed by atoms with Gasteiger partial charge in [0.1, 0.15) is 12.4 Å². The minimum Gasteiger partial charge on any atom is -0.484 e. The van der Waals surface area contributed by atoms with Gasteiger partial charge in [-0.3, -0.25) is 9.36 Å². The molecule has 1 heterocycles. The van der Waals surface area contributed by atoms with Crippen LogP contribution in [0.15, 0.2) is 84.5 Å². The molecule has 0 saturated heterocycles. The SMILES string of the molecule is C=CCn1c(COc2ccccc2Cl)nnc1SCC(=O)Nc1cccc2ccccc12. The zero-order chi connectivity index (χ0) is 22.3. The number of hydrogen-bond donors (Lipinski definition) is 1. The number of anilines is 1. The van der Waals surface area contributed by atoms with E-state index >= 15 is 0 Å². The fraction of sp³-hybridized carbons (Fsp3) is 0.125. The molecule has 0 aliphatic heterocycles. The molecule has 162 valence electrons. The third-order valence-corrected chi connectivity index (χ3v) is 5.97. The monoisotopic (exact) mass is 464 g/mol. The summed E-state index contributed by atoms with van der Waals surface area (Å²) in [6.07, 6.45) is 1.75. The van der Waals surface area contributed by atoms with Crippen LogP contribution in [-0.4, -0.2) is 26.4 Å². The predicted molar refractivity (Wildman–Crippen MR) is 129 cm³/mol. The van der Waals surface area contributed by atoms with Gasteiger partial charge < -0.3 is 10.1 Å². The summed E-state index contributed by atoms with van der Waals surface area (Å²) in [6, 6.07) is 21.0. The van der Waals surface area contributed by atoms with Gasteiger partial charge in [0.2, 0.25) is 5.91 Å². The van der Waals surface area contributed by atoms with E-state index in [4.69, 9.17) is 16.3 Å². The predicted octanol–water partition coefficient (Wildman–Crippen LogP) is 5.58. The Morgan fingerprint density at radius 2 is 1.88 bits per heavy atom. The number of aromatic nitrogens is 3. The largest absolute Gasteiger partial charge is 0.484 e. The summed E-state index contributed by atoms with van der Waals surface area (Å²) in [5.74, 6) is 1.28. The average Bonchev–Trinajstić information content (AvgIpc) is 3.19. The van der Waals surface area contributed by atoms with E-state index in [9.17, 15) is 4.79 Å². The van der Waals surface area contributed by atoms with Crippen LogP contribution in [0.4, 0.5) is 5.69 Å².